The molecule has 0 bridgehead atoms. The minimum absolute atomic E-state index is 0.211. The van der Waals surface area contributed by atoms with Gasteiger partial charge in [-0.2, -0.15) is 5.10 Å². The maximum absolute atomic E-state index is 5.88. The molecule has 0 saturated heterocycles. The first kappa shape index (κ1) is 11.2. The van der Waals surface area contributed by atoms with Gasteiger partial charge in [0.1, 0.15) is 5.82 Å². The standard InChI is InChI=1S/C12H14BrN3/c1-2-11(16-12(14)7-8-15-16)9-3-5-10(13)6-4-9/h3-8,11H,2,14H2,1H3. The quantitative estimate of drug-likeness (QED) is 0.938. The third-order valence-corrected chi connectivity index (χ3v) is 3.17. The minimum Gasteiger partial charge on any atom is -0.384 e. The third-order valence-electron chi connectivity index (χ3n) is 2.64. The van der Waals surface area contributed by atoms with E-state index < -0.39 is 0 Å². The molecule has 4 heteroatoms. The van der Waals surface area contributed by atoms with Crippen LogP contribution in [0.15, 0.2) is 41.0 Å². The Labute approximate surface area is 103 Å². The van der Waals surface area contributed by atoms with Crippen molar-refractivity contribution < 1.29 is 0 Å². The van der Waals surface area contributed by atoms with Gasteiger partial charge in [0.25, 0.3) is 0 Å². The van der Waals surface area contributed by atoms with Crippen molar-refractivity contribution in [1.29, 1.82) is 0 Å². The van der Waals surface area contributed by atoms with Crippen molar-refractivity contribution in [3.05, 3.63) is 46.6 Å². The van der Waals surface area contributed by atoms with Crippen molar-refractivity contribution in [2.45, 2.75) is 19.4 Å². The normalized spacial score (nSPS) is 12.6. The highest BCUT2D eigenvalue weighted by atomic mass is 79.9. The van der Waals surface area contributed by atoms with Gasteiger partial charge in [-0.05, 0) is 30.2 Å². The Bertz CT molecular complexity index is 461. The first-order chi connectivity index (χ1) is 7.72. The highest BCUT2D eigenvalue weighted by molar-refractivity contribution is 9.10. The van der Waals surface area contributed by atoms with Gasteiger partial charge in [0.05, 0.1) is 12.2 Å². The van der Waals surface area contributed by atoms with Crippen LogP contribution in [0.1, 0.15) is 24.9 Å². The minimum atomic E-state index is 0.211. The summed E-state index contributed by atoms with van der Waals surface area (Å²) in [5.41, 5.74) is 7.10. The summed E-state index contributed by atoms with van der Waals surface area (Å²) in [7, 11) is 0. The first-order valence-corrected chi connectivity index (χ1v) is 6.06. The van der Waals surface area contributed by atoms with Crippen molar-refractivity contribution in [3.8, 4) is 0 Å². The second kappa shape index (κ2) is 4.70. The lowest BCUT2D eigenvalue weighted by atomic mass is 10.1. The summed E-state index contributed by atoms with van der Waals surface area (Å²) in [6.07, 6.45) is 2.70. The Kier molecular flexibility index (Phi) is 3.29. The summed E-state index contributed by atoms with van der Waals surface area (Å²) in [5.74, 6) is 0.703. The number of nitrogen functional groups attached to an aromatic ring is 1. The number of hydrogen-bond acceptors (Lipinski definition) is 2. The molecule has 1 aromatic heterocycles. The molecular formula is C12H14BrN3. The van der Waals surface area contributed by atoms with Crippen LogP contribution >= 0.6 is 15.9 Å². The SMILES string of the molecule is CCC(c1ccc(Br)cc1)n1nccc1N. The molecule has 2 N–H and O–H groups in total. The molecule has 2 rings (SSSR count). The topological polar surface area (TPSA) is 43.8 Å². The lowest BCUT2D eigenvalue weighted by molar-refractivity contribution is 0.516. The Morgan fingerprint density at radius 3 is 2.50 bits per heavy atom. The van der Waals surface area contributed by atoms with Gasteiger partial charge >= 0.3 is 0 Å². The Morgan fingerprint density at radius 2 is 2.00 bits per heavy atom. The number of benzene rings is 1. The van der Waals surface area contributed by atoms with Crippen LogP contribution in [0.3, 0.4) is 0 Å². The molecule has 16 heavy (non-hydrogen) atoms. The van der Waals surface area contributed by atoms with E-state index in [1.165, 1.54) is 5.56 Å². The molecule has 0 radical (unpaired) electrons. The van der Waals surface area contributed by atoms with E-state index in [0.717, 1.165) is 10.9 Å². The van der Waals surface area contributed by atoms with E-state index in [9.17, 15) is 0 Å². The number of halogens is 1. The summed E-state index contributed by atoms with van der Waals surface area (Å²) in [5, 5.41) is 4.27. The summed E-state index contributed by atoms with van der Waals surface area (Å²) >= 11 is 3.43. The molecule has 1 unspecified atom stereocenters. The average Bonchev–Trinajstić information content (AvgIpc) is 2.69. The maximum Gasteiger partial charge on any atom is 0.122 e. The highest BCUT2D eigenvalue weighted by Crippen LogP contribution is 2.24. The highest BCUT2D eigenvalue weighted by Gasteiger charge is 2.13. The lowest BCUT2D eigenvalue weighted by Gasteiger charge is -2.17. The number of hydrogen-bond donors (Lipinski definition) is 1. The molecule has 1 heterocycles. The molecular weight excluding hydrogens is 266 g/mol. The van der Waals surface area contributed by atoms with Gasteiger partial charge < -0.3 is 5.73 Å². The molecule has 0 spiro atoms. The van der Waals surface area contributed by atoms with Gasteiger partial charge in [-0.25, -0.2) is 4.68 Å². The summed E-state index contributed by atoms with van der Waals surface area (Å²) in [6, 6.07) is 10.3. The van der Waals surface area contributed by atoms with Crippen molar-refractivity contribution >= 4 is 21.7 Å². The maximum atomic E-state index is 5.88. The molecule has 0 aliphatic rings. The van der Waals surface area contributed by atoms with Gasteiger partial charge in [-0.3, -0.25) is 0 Å². The molecule has 1 aromatic carbocycles. The van der Waals surface area contributed by atoms with Crippen LogP contribution in [-0.2, 0) is 0 Å². The van der Waals surface area contributed by atoms with Crippen LogP contribution in [0.2, 0.25) is 0 Å². The van der Waals surface area contributed by atoms with Crippen molar-refractivity contribution in [3.63, 3.8) is 0 Å². The zero-order valence-corrected chi connectivity index (χ0v) is 10.7. The average molecular weight is 280 g/mol. The molecule has 84 valence electrons. The van der Waals surface area contributed by atoms with E-state index in [4.69, 9.17) is 5.73 Å². The fourth-order valence-electron chi connectivity index (χ4n) is 1.82. The number of nitrogens with two attached hydrogens (primary N) is 1. The molecule has 1 atom stereocenters. The van der Waals surface area contributed by atoms with Gasteiger partial charge in [-0.1, -0.05) is 35.0 Å². The predicted octanol–water partition coefficient (Wildman–Crippen LogP) is 3.23. The molecule has 0 aliphatic heterocycles. The second-order valence-corrected chi connectivity index (χ2v) is 4.59. The van der Waals surface area contributed by atoms with Gasteiger partial charge in [0.15, 0.2) is 0 Å². The summed E-state index contributed by atoms with van der Waals surface area (Å²) in [4.78, 5) is 0. The van der Waals surface area contributed by atoms with Crippen molar-refractivity contribution in [1.82, 2.24) is 9.78 Å². The van der Waals surface area contributed by atoms with Gasteiger partial charge in [-0.15, -0.1) is 0 Å². The lowest BCUT2D eigenvalue weighted by Crippen LogP contribution is -2.13. The Morgan fingerprint density at radius 1 is 1.31 bits per heavy atom. The zero-order valence-electron chi connectivity index (χ0n) is 9.10. The van der Waals surface area contributed by atoms with E-state index in [1.807, 2.05) is 22.9 Å². The molecule has 0 fully saturated rings. The van der Waals surface area contributed by atoms with Gasteiger partial charge in [0.2, 0.25) is 0 Å². The van der Waals surface area contributed by atoms with Crippen LogP contribution in [-0.4, -0.2) is 9.78 Å². The number of anilines is 1. The third kappa shape index (κ3) is 2.11. The van der Waals surface area contributed by atoms with Crippen LogP contribution in [0.25, 0.3) is 0 Å². The van der Waals surface area contributed by atoms with Crippen molar-refractivity contribution in [2.75, 3.05) is 5.73 Å². The smallest absolute Gasteiger partial charge is 0.122 e. The van der Waals surface area contributed by atoms with E-state index >= 15 is 0 Å². The Hall–Kier alpha value is -1.29. The number of nitrogens with zero attached hydrogens (tertiary/aromatic N) is 2. The number of aromatic nitrogens is 2. The van der Waals surface area contributed by atoms with E-state index in [-0.39, 0.29) is 6.04 Å². The Balaban J connectivity index is 2.37. The fraction of sp³-hybridized carbons (Fsp3) is 0.250. The van der Waals surface area contributed by atoms with E-state index in [1.54, 1.807) is 6.20 Å². The molecule has 3 nitrogen and oxygen atoms in total. The van der Waals surface area contributed by atoms with Crippen LogP contribution in [0, 0.1) is 0 Å². The van der Waals surface area contributed by atoms with Gasteiger partial charge in [0, 0.05) is 4.47 Å². The van der Waals surface area contributed by atoms with Crippen LogP contribution in [0.4, 0.5) is 5.82 Å². The molecule has 0 aliphatic carbocycles. The van der Waals surface area contributed by atoms with Crippen molar-refractivity contribution in [2.24, 2.45) is 0 Å². The van der Waals surface area contributed by atoms with E-state index in [0.29, 0.717) is 5.82 Å². The van der Waals surface area contributed by atoms with Crippen LogP contribution in [0.5, 0.6) is 0 Å². The fourth-order valence-corrected chi connectivity index (χ4v) is 2.08. The first-order valence-electron chi connectivity index (χ1n) is 5.27. The largest absolute Gasteiger partial charge is 0.384 e. The predicted molar refractivity (Wildman–Crippen MR) is 69.2 cm³/mol. The molecule has 0 amide bonds. The van der Waals surface area contributed by atoms with Crippen LogP contribution < -0.4 is 5.73 Å². The monoisotopic (exact) mass is 279 g/mol. The molecule has 0 saturated carbocycles. The van der Waals surface area contributed by atoms with E-state index in [2.05, 4.69) is 40.1 Å². The summed E-state index contributed by atoms with van der Waals surface area (Å²) in [6.45, 7) is 2.13. The zero-order chi connectivity index (χ0) is 11.5. The summed E-state index contributed by atoms with van der Waals surface area (Å²) < 4.78 is 2.95. The molecule has 2 aromatic rings. The number of rotatable bonds is 3. The second-order valence-electron chi connectivity index (χ2n) is 3.68.